The summed E-state index contributed by atoms with van der Waals surface area (Å²) < 4.78 is 0. The third-order valence-corrected chi connectivity index (χ3v) is 1.39. The highest BCUT2D eigenvalue weighted by Crippen LogP contribution is 2.09. The maximum Gasteiger partial charge on any atom is 0.115 e. The summed E-state index contributed by atoms with van der Waals surface area (Å²) in [7, 11) is 0. The van der Waals surface area contributed by atoms with Crippen LogP contribution in [-0.4, -0.2) is 11.3 Å². The van der Waals surface area contributed by atoms with E-state index in [-0.39, 0.29) is 0 Å². The summed E-state index contributed by atoms with van der Waals surface area (Å²) in [6, 6.07) is 7.06. The number of hydrogen-bond acceptors (Lipinski definition) is 2. The van der Waals surface area contributed by atoms with Gasteiger partial charge >= 0.3 is 0 Å². The molecule has 1 aromatic carbocycles. The van der Waals surface area contributed by atoms with Gasteiger partial charge in [-0.15, -0.1) is 0 Å². The molecular formula is C9H11NO. The summed E-state index contributed by atoms with van der Waals surface area (Å²) in [4.78, 5) is 4.07. The van der Waals surface area contributed by atoms with Gasteiger partial charge < -0.3 is 5.11 Å². The number of hydrogen-bond donors (Lipinski definition) is 1. The monoisotopic (exact) mass is 149 g/mol. The van der Waals surface area contributed by atoms with Gasteiger partial charge in [0.15, 0.2) is 0 Å². The van der Waals surface area contributed by atoms with Gasteiger partial charge in [-0.1, -0.05) is 12.1 Å². The van der Waals surface area contributed by atoms with Crippen molar-refractivity contribution >= 4 is 6.21 Å². The molecule has 0 saturated heterocycles. The molecule has 0 saturated carbocycles. The van der Waals surface area contributed by atoms with E-state index in [1.54, 1.807) is 18.3 Å². The van der Waals surface area contributed by atoms with Crippen LogP contribution in [0.5, 0.6) is 5.75 Å². The zero-order valence-corrected chi connectivity index (χ0v) is 6.49. The Kier molecular flexibility index (Phi) is 2.66. The lowest BCUT2D eigenvalue weighted by atomic mass is 10.2. The van der Waals surface area contributed by atoms with E-state index in [4.69, 9.17) is 5.11 Å². The highest BCUT2D eigenvalue weighted by Gasteiger charge is 1.89. The molecule has 2 nitrogen and oxygen atoms in total. The number of aromatic hydroxyl groups is 1. The van der Waals surface area contributed by atoms with Gasteiger partial charge in [0.25, 0.3) is 0 Å². The second-order valence-corrected chi connectivity index (χ2v) is 2.27. The number of phenolic OH excluding ortho intramolecular Hbond substituents is 1. The molecule has 58 valence electrons. The van der Waals surface area contributed by atoms with Gasteiger partial charge in [0.1, 0.15) is 5.75 Å². The molecule has 0 heterocycles. The molecule has 1 rings (SSSR count). The minimum Gasteiger partial charge on any atom is -0.508 e. The van der Waals surface area contributed by atoms with Crippen molar-refractivity contribution in [3.63, 3.8) is 0 Å². The van der Waals surface area contributed by atoms with E-state index in [0.717, 1.165) is 5.56 Å². The van der Waals surface area contributed by atoms with Gasteiger partial charge in [-0.25, -0.2) is 0 Å². The fraction of sp³-hybridized carbons (Fsp3) is 0.222. The zero-order valence-electron chi connectivity index (χ0n) is 6.49. The molecule has 0 aromatic heterocycles. The minimum absolute atomic E-state index is 0.300. The van der Waals surface area contributed by atoms with Crippen LogP contribution in [0.1, 0.15) is 12.5 Å². The minimum atomic E-state index is 0.300. The number of rotatable bonds is 2. The highest BCUT2D eigenvalue weighted by atomic mass is 16.3. The van der Waals surface area contributed by atoms with Crippen LogP contribution in [0, 0.1) is 0 Å². The first-order valence-electron chi connectivity index (χ1n) is 3.55. The number of benzene rings is 1. The van der Waals surface area contributed by atoms with Crippen molar-refractivity contribution in [2.45, 2.75) is 13.5 Å². The maximum atomic E-state index is 8.94. The second kappa shape index (κ2) is 3.76. The van der Waals surface area contributed by atoms with E-state index < -0.39 is 0 Å². The van der Waals surface area contributed by atoms with Crippen LogP contribution in [0.2, 0.25) is 0 Å². The molecule has 2 heteroatoms. The molecule has 0 fully saturated rings. The summed E-state index contributed by atoms with van der Waals surface area (Å²) in [5.41, 5.74) is 1.11. The molecule has 0 radical (unpaired) electrons. The standard InChI is InChI=1S/C9H11NO/c1-2-10-7-8-3-5-9(11)6-4-8/h2-6,11H,7H2,1H3. The van der Waals surface area contributed by atoms with Gasteiger partial charge in [0.2, 0.25) is 0 Å². The van der Waals surface area contributed by atoms with Gasteiger partial charge in [-0.2, -0.15) is 0 Å². The summed E-state index contributed by atoms with van der Waals surface area (Å²) in [6.45, 7) is 2.58. The van der Waals surface area contributed by atoms with E-state index in [1.807, 2.05) is 19.1 Å². The van der Waals surface area contributed by atoms with Crippen molar-refractivity contribution in [3.8, 4) is 5.75 Å². The maximum absolute atomic E-state index is 8.94. The molecule has 0 atom stereocenters. The number of phenols is 1. The molecule has 0 aliphatic carbocycles. The Labute approximate surface area is 66.2 Å². The first-order valence-corrected chi connectivity index (χ1v) is 3.55. The Morgan fingerprint density at radius 3 is 2.55 bits per heavy atom. The lowest BCUT2D eigenvalue weighted by molar-refractivity contribution is 0.475. The fourth-order valence-corrected chi connectivity index (χ4v) is 0.798. The molecule has 0 aliphatic heterocycles. The van der Waals surface area contributed by atoms with Gasteiger partial charge in [0, 0.05) is 0 Å². The van der Waals surface area contributed by atoms with E-state index in [9.17, 15) is 0 Å². The Morgan fingerprint density at radius 2 is 2.00 bits per heavy atom. The molecule has 1 aromatic rings. The Hall–Kier alpha value is -1.31. The van der Waals surface area contributed by atoms with Gasteiger partial charge in [0.05, 0.1) is 6.54 Å². The van der Waals surface area contributed by atoms with Crippen LogP contribution >= 0.6 is 0 Å². The molecule has 0 spiro atoms. The third kappa shape index (κ3) is 2.42. The Morgan fingerprint density at radius 1 is 1.36 bits per heavy atom. The van der Waals surface area contributed by atoms with E-state index >= 15 is 0 Å². The predicted molar refractivity (Wildman–Crippen MR) is 46.0 cm³/mol. The number of aliphatic imine (C=N–C) groups is 1. The Bertz CT molecular complexity index is 238. The average molecular weight is 149 g/mol. The van der Waals surface area contributed by atoms with Gasteiger partial charge in [-0.3, -0.25) is 4.99 Å². The third-order valence-electron chi connectivity index (χ3n) is 1.39. The summed E-state index contributed by atoms with van der Waals surface area (Å²) in [5, 5.41) is 8.94. The average Bonchev–Trinajstić information content (AvgIpc) is 2.04. The van der Waals surface area contributed by atoms with Crippen molar-refractivity contribution in [3.05, 3.63) is 29.8 Å². The molecule has 0 bridgehead atoms. The van der Waals surface area contributed by atoms with Crippen molar-refractivity contribution in [2.75, 3.05) is 0 Å². The molecule has 0 amide bonds. The van der Waals surface area contributed by atoms with Crippen LogP contribution < -0.4 is 0 Å². The van der Waals surface area contributed by atoms with Crippen molar-refractivity contribution in [1.29, 1.82) is 0 Å². The summed E-state index contributed by atoms with van der Waals surface area (Å²) >= 11 is 0. The summed E-state index contributed by atoms with van der Waals surface area (Å²) in [6.07, 6.45) is 1.77. The van der Waals surface area contributed by atoms with Crippen LogP contribution in [-0.2, 0) is 6.54 Å². The zero-order chi connectivity index (χ0) is 8.10. The first kappa shape index (κ1) is 7.79. The molecular weight excluding hydrogens is 138 g/mol. The smallest absolute Gasteiger partial charge is 0.115 e. The van der Waals surface area contributed by atoms with Crippen molar-refractivity contribution < 1.29 is 5.11 Å². The van der Waals surface area contributed by atoms with Crippen LogP contribution in [0.25, 0.3) is 0 Å². The lowest BCUT2D eigenvalue weighted by Gasteiger charge is -1.95. The van der Waals surface area contributed by atoms with Crippen molar-refractivity contribution in [1.82, 2.24) is 0 Å². The normalized spacial score (nSPS) is 10.6. The molecule has 1 N–H and O–H groups in total. The quantitative estimate of drug-likeness (QED) is 0.641. The fourth-order valence-electron chi connectivity index (χ4n) is 0.798. The van der Waals surface area contributed by atoms with Crippen LogP contribution in [0.3, 0.4) is 0 Å². The molecule has 11 heavy (non-hydrogen) atoms. The SMILES string of the molecule is CC=NCc1ccc(O)cc1. The lowest BCUT2D eigenvalue weighted by Crippen LogP contribution is -1.79. The topological polar surface area (TPSA) is 32.6 Å². The molecule has 0 aliphatic rings. The van der Waals surface area contributed by atoms with Crippen LogP contribution in [0.15, 0.2) is 29.3 Å². The highest BCUT2D eigenvalue weighted by molar-refractivity contribution is 5.53. The second-order valence-electron chi connectivity index (χ2n) is 2.27. The largest absolute Gasteiger partial charge is 0.508 e. The van der Waals surface area contributed by atoms with E-state index in [1.165, 1.54) is 0 Å². The van der Waals surface area contributed by atoms with Crippen molar-refractivity contribution in [2.24, 2.45) is 4.99 Å². The predicted octanol–water partition coefficient (Wildman–Crippen LogP) is 1.98. The van der Waals surface area contributed by atoms with Gasteiger partial charge in [-0.05, 0) is 30.8 Å². The summed E-state index contributed by atoms with van der Waals surface area (Å²) in [5.74, 6) is 0.300. The van der Waals surface area contributed by atoms with E-state index in [2.05, 4.69) is 4.99 Å². The number of nitrogens with zero attached hydrogens (tertiary/aromatic N) is 1. The Balaban J connectivity index is 2.66. The molecule has 0 unspecified atom stereocenters. The van der Waals surface area contributed by atoms with E-state index in [0.29, 0.717) is 12.3 Å². The van der Waals surface area contributed by atoms with Crippen LogP contribution in [0.4, 0.5) is 0 Å². The first-order chi connectivity index (χ1) is 5.33.